The monoisotopic (exact) mass is 180 g/mol. The summed E-state index contributed by atoms with van der Waals surface area (Å²) in [5, 5.41) is 3.15. The minimum atomic E-state index is 0.274. The second-order valence-electron chi connectivity index (χ2n) is 3.01. The molecule has 3 N–H and O–H groups in total. The minimum Gasteiger partial charge on any atom is -0.496 e. The fourth-order valence-electron chi connectivity index (χ4n) is 1.24. The lowest BCUT2D eigenvalue weighted by molar-refractivity contribution is 0.404. The quantitative estimate of drug-likeness (QED) is 0.694. The van der Waals surface area contributed by atoms with Crippen molar-refractivity contribution in [2.45, 2.75) is 13.0 Å². The molecule has 0 amide bonds. The number of ether oxygens (including phenoxy) is 1. The van der Waals surface area contributed by atoms with E-state index in [1.165, 1.54) is 0 Å². The average Bonchev–Trinajstić information content (AvgIpc) is 2.16. The Kier molecular flexibility index (Phi) is 3.14. The number of rotatable bonds is 3. The maximum Gasteiger partial charge on any atom is 0.125 e. The van der Waals surface area contributed by atoms with E-state index >= 15 is 0 Å². The second-order valence-corrected chi connectivity index (χ2v) is 3.01. The van der Waals surface area contributed by atoms with E-state index in [2.05, 4.69) is 12.2 Å². The first-order valence-electron chi connectivity index (χ1n) is 4.29. The maximum atomic E-state index is 5.64. The number of methoxy groups -OCH3 is 1. The molecule has 0 aliphatic rings. The Hall–Kier alpha value is -1.22. The molecule has 3 heteroatoms. The Balaban J connectivity index is 3.05. The molecule has 0 aliphatic heterocycles. The van der Waals surface area contributed by atoms with Gasteiger partial charge in [0, 0.05) is 23.4 Å². The molecule has 0 saturated heterocycles. The third-order valence-corrected chi connectivity index (χ3v) is 2.16. The maximum absolute atomic E-state index is 5.64. The second kappa shape index (κ2) is 4.14. The van der Waals surface area contributed by atoms with Crippen molar-refractivity contribution in [2.24, 2.45) is 0 Å². The molecule has 1 aromatic carbocycles. The highest BCUT2D eigenvalue weighted by molar-refractivity contribution is 5.49. The summed E-state index contributed by atoms with van der Waals surface area (Å²) in [4.78, 5) is 0. The number of nitrogen functional groups attached to an aromatic ring is 1. The predicted molar refractivity (Wildman–Crippen MR) is 54.9 cm³/mol. The van der Waals surface area contributed by atoms with Gasteiger partial charge in [-0.05, 0) is 20.0 Å². The molecule has 0 saturated carbocycles. The molecule has 0 radical (unpaired) electrons. The summed E-state index contributed by atoms with van der Waals surface area (Å²) >= 11 is 0. The number of benzene rings is 1. The van der Waals surface area contributed by atoms with Crippen LogP contribution in [0, 0.1) is 0 Å². The highest BCUT2D eigenvalue weighted by Gasteiger charge is 2.08. The largest absolute Gasteiger partial charge is 0.496 e. The van der Waals surface area contributed by atoms with E-state index in [-0.39, 0.29) is 6.04 Å². The first kappa shape index (κ1) is 9.86. The third-order valence-electron chi connectivity index (χ3n) is 2.16. The van der Waals surface area contributed by atoms with E-state index in [0.717, 1.165) is 17.0 Å². The molecule has 1 rings (SSSR count). The van der Waals surface area contributed by atoms with Gasteiger partial charge in [-0.2, -0.15) is 0 Å². The van der Waals surface area contributed by atoms with E-state index in [4.69, 9.17) is 10.5 Å². The summed E-state index contributed by atoms with van der Waals surface area (Å²) in [7, 11) is 3.57. The van der Waals surface area contributed by atoms with Gasteiger partial charge < -0.3 is 15.8 Å². The van der Waals surface area contributed by atoms with Crippen LogP contribution in [-0.4, -0.2) is 14.2 Å². The summed E-state index contributed by atoms with van der Waals surface area (Å²) in [6.07, 6.45) is 0. The molecular weight excluding hydrogens is 164 g/mol. The number of anilines is 1. The zero-order valence-electron chi connectivity index (χ0n) is 8.29. The van der Waals surface area contributed by atoms with Gasteiger partial charge in [0.05, 0.1) is 7.11 Å². The molecule has 3 nitrogen and oxygen atoms in total. The molecule has 72 valence electrons. The van der Waals surface area contributed by atoms with E-state index in [9.17, 15) is 0 Å². The number of hydrogen-bond donors (Lipinski definition) is 2. The van der Waals surface area contributed by atoms with Crippen molar-refractivity contribution >= 4 is 5.69 Å². The number of nitrogens with two attached hydrogens (primary N) is 1. The fourth-order valence-corrected chi connectivity index (χ4v) is 1.24. The Morgan fingerprint density at radius 1 is 1.46 bits per heavy atom. The zero-order chi connectivity index (χ0) is 9.84. The third kappa shape index (κ3) is 2.12. The van der Waals surface area contributed by atoms with E-state index in [0.29, 0.717) is 0 Å². The first-order valence-corrected chi connectivity index (χ1v) is 4.29. The highest BCUT2D eigenvalue weighted by Crippen LogP contribution is 2.26. The summed E-state index contributed by atoms with van der Waals surface area (Å²) < 4.78 is 5.23. The molecular formula is C10H16N2O. The molecule has 1 atom stereocenters. The number of nitrogens with one attached hydrogen (secondary N) is 1. The van der Waals surface area contributed by atoms with Gasteiger partial charge in [-0.25, -0.2) is 0 Å². The summed E-state index contributed by atoms with van der Waals surface area (Å²) in [5.41, 5.74) is 7.49. The molecule has 0 fully saturated rings. The van der Waals surface area contributed by atoms with Crippen LogP contribution < -0.4 is 15.8 Å². The van der Waals surface area contributed by atoms with E-state index in [1.807, 2.05) is 25.2 Å². The summed E-state index contributed by atoms with van der Waals surface area (Å²) in [6, 6.07) is 5.97. The van der Waals surface area contributed by atoms with Crippen molar-refractivity contribution in [3.8, 4) is 5.75 Å². The zero-order valence-corrected chi connectivity index (χ0v) is 8.29. The van der Waals surface area contributed by atoms with Crippen molar-refractivity contribution < 1.29 is 4.74 Å². The molecule has 0 bridgehead atoms. The van der Waals surface area contributed by atoms with Gasteiger partial charge in [0.15, 0.2) is 0 Å². The van der Waals surface area contributed by atoms with Crippen molar-refractivity contribution in [2.75, 3.05) is 19.9 Å². The van der Waals surface area contributed by atoms with Crippen molar-refractivity contribution in [1.82, 2.24) is 5.32 Å². The van der Waals surface area contributed by atoms with Gasteiger partial charge in [0.25, 0.3) is 0 Å². The van der Waals surface area contributed by atoms with Crippen LogP contribution in [0.1, 0.15) is 18.5 Å². The molecule has 13 heavy (non-hydrogen) atoms. The van der Waals surface area contributed by atoms with Crippen LogP contribution in [0.2, 0.25) is 0 Å². The van der Waals surface area contributed by atoms with Crippen molar-refractivity contribution in [3.63, 3.8) is 0 Å². The molecule has 0 aromatic heterocycles. The molecule has 0 heterocycles. The van der Waals surface area contributed by atoms with Gasteiger partial charge in [-0.1, -0.05) is 6.07 Å². The van der Waals surface area contributed by atoms with Gasteiger partial charge in [-0.3, -0.25) is 0 Å². The Bertz CT molecular complexity index is 286. The Labute approximate surface area is 78.9 Å². The molecule has 0 unspecified atom stereocenters. The van der Waals surface area contributed by atoms with E-state index < -0.39 is 0 Å². The van der Waals surface area contributed by atoms with Crippen LogP contribution in [0.3, 0.4) is 0 Å². The lowest BCUT2D eigenvalue weighted by Gasteiger charge is -2.15. The highest BCUT2D eigenvalue weighted by atomic mass is 16.5. The van der Waals surface area contributed by atoms with Gasteiger partial charge >= 0.3 is 0 Å². The summed E-state index contributed by atoms with van der Waals surface area (Å²) in [6.45, 7) is 2.08. The van der Waals surface area contributed by atoms with Crippen LogP contribution in [0.15, 0.2) is 18.2 Å². The number of hydrogen-bond acceptors (Lipinski definition) is 3. The Morgan fingerprint density at radius 3 is 2.69 bits per heavy atom. The lowest BCUT2D eigenvalue weighted by Crippen LogP contribution is -2.13. The van der Waals surface area contributed by atoms with Crippen LogP contribution in [0.4, 0.5) is 5.69 Å². The van der Waals surface area contributed by atoms with Crippen LogP contribution in [0.5, 0.6) is 5.75 Å². The molecule has 0 aliphatic carbocycles. The SMILES string of the molecule is CN[C@@H](C)c1ccc(N)cc1OC. The summed E-state index contributed by atoms with van der Waals surface area (Å²) in [5.74, 6) is 0.835. The van der Waals surface area contributed by atoms with Gasteiger partial charge in [0.1, 0.15) is 5.75 Å². The normalized spacial score (nSPS) is 12.5. The van der Waals surface area contributed by atoms with E-state index in [1.54, 1.807) is 7.11 Å². The van der Waals surface area contributed by atoms with Crippen molar-refractivity contribution in [1.29, 1.82) is 0 Å². The van der Waals surface area contributed by atoms with Crippen LogP contribution in [0.25, 0.3) is 0 Å². The Morgan fingerprint density at radius 2 is 2.15 bits per heavy atom. The molecule has 0 spiro atoms. The lowest BCUT2D eigenvalue weighted by atomic mass is 10.1. The van der Waals surface area contributed by atoms with Crippen LogP contribution >= 0.6 is 0 Å². The van der Waals surface area contributed by atoms with Gasteiger partial charge in [0.2, 0.25) is 0 Å². The molecule has 1 aromatic rings. The predicted octanol–water partition coefficient (Wildman–Crippen LogP) is 1.56. The minimum absolute atomic E-state index is 0.274. The standard InChI is InChI=1S/C10H16N2O/c1-7(12-2)9-5-4-8(11)6-10(9)13-3/h4-7,12H,11H2,1-3H3/t7-/m0/s1. The van der Waals surface area contributed by atoms with Crippen molar-refractivity contribution in [3.05, 3.63) is 23.8 Å². The fraction of sp³-hybridized carbons (Fsp3) is 0.400. The topological polar surface area (TPSA) is 47.3 Å². The van der Waals surface area contributed by atoms with Crippen LogP contribution in [-0.2, 0) is 0 Å². The van der Waals surface area contributed by atoms with Gasteiger partial charge in [-0.15, -0.1) is 0 Å². The average molecular weight is 180 g/mol. The smallest absolute Gasteiger partial charge is 0.125 e. The first-order chi connectivity index (χ1) is 6.19.